The third kappa shape index (κ3) is 4.56. The van der Waals surface area contributed by atoms with Crippen LogP contribution in [-0.2, 0) is 0 Å². The van der Waals surface area contributed by atoms with Gasteiger partial charge in [-0.2, -0.15) is 5.10 Å². The van der Waals surface area contributed by atoms with Gasteiger partial charge in [-0.05, 0) is 56.3 Å². The molecule has 1 amide bonds. The van der Waals surface area contributed by atoms with Gasteiger partial charge in [-0.1, -0.05) is 23.2 Å². The van der Waals surface area contributed by atoms with E-state index in [1.165, 1.54) is 18.3 Å². The Morgan fingerprint density at radius 3 is 2.52 bits per heavy atom. The van der Waals surface area contributed by atoms with Crippen LogP contribution in [0.3, 0.4) is 0 Å². The number of hydrogen-bond donors (Lipinski definition) is 2. The van der Waals surface area contributed by atoms with E-state index in [1.807, 2.05) is 0 Å². The molecule has 1 fully saturated rings. The van der Waals surface area contributed by atoms with E-state index in [0.29, 0.717) is 27.0 Å². The zero-order valence-corrected chi connectivity index (χ0v) is 17.9. The van der Waals surface area contributed by atoms with E-state index < -0.39 is 4.92 Å². The topological polar surface area (TPSA) is 102 Å². The first-order chi connectivity index (χ1) is 14.9. The summed E-state index contributed by atoms with van der Waals surface area (Å²) in [6, 6.07) is 11.0. The van der Waals surface area contributed by atoms with Gasteiger partial charge in [-0.15, -0.1) is 0 Å². The summed E-state index contributed by atoms with van der Waals surface area (Å²) in [7, 11) is 0. The van der Waals surface area contributed by atoms with Crippen LogP contribution in [0.15, 0.2) is 48.7 Å². The van der Waals surface area contributed by atoms with E-state index in [0.717, 1.165) is 31.6 Å². The fourth-order valence-corrected chi connectivity index (χ4v) is 4.18. The summed E-state index contributed by atoms with van der Waals surface area (Å²) >= 11 is 12.1. The molecule has 2 N–H and O–H groups in total. The zero-order valence-electron chi connectivity index (χ0n) is 16.3. The van der Waals surface area contributed by atoms with Crippen LogP contribution in [-0.4, -0.2) is 33.7 Å². The summed E-state index contributed by atoms with van der Waals surface area (Å²) in [5.41, 5.74) is 2.32. The van der Waals surface area contributed by atoms with Crippen LogP contribution in [0.25, 0.3) is 5.69 Å². The van der Waals surface area contributed by atoms with E-state index >= 15 is 0 Å². The molecule has 0 radical (unpaired) electrons. The highest BCUT2D eigenvalue weighted by Gasteiger charge is 2.27. The number of carbonyl (C=O) groups is 1. The Balaban J connectivity index is 1.71. The van der Waals surface area contributed by atoms with Gasteiger partial charge < -0.3 is 10.6 Å². The quantitative estimate of drug-likeness (QED) is 0.421. The third-order valence-electron chi connectivity index (χ3n) is 5.26. The minimum atomic E-state index is -0.449. The first kappa shape index (κ1) is 21.3. The Bertz CT molecular complexity index is 1120. The number of carbonyl (C=O) groups excluding carboxylic acids is 1. The van der Waals surface area contributed by atoms with Crippen LogP contribution in [0.2, 0.25) is 10.0 Å². The van der Waals surface area contributed by atoms with Crippen molar-refractivity contribution in [2.24, 2.45) is 0 Å². The molecule has 0 spiro atoms. The number of hydrogen-bond acceptors (Lipinski definition) is 5. The molecular weight excluding hydrogens is 441 g/mol. The minimum Gasteiger partial charge on any atom is -0.321 e. The molecule has 0 saturated carbocycles. The number of nitro groups is 1. The van der Waals surface area contributed by atoms with Crippen molar-refractivity contribution in [1.29, 1.82) is 0 Å². The predicted octanol–water partition coefficient (Wildman–Crippen LogP) is 4.81. The molecule has 0 atom stereocenters. The molecule has 2 heterocycles. The number of nitro benzene ring substituents is 1. The van der Waals surface area contributed by atoms with Gasteiger partial charge in [0.05, 0.1) is 38.8 Å². The summed E-state index contributed by atoms with van der Waals surface area (Å²) < 4.78 is 1.69. The van der Waals surface area contributed by atoms with Crippen LogP contribution in [0.4, 0.5) is 11.4 Å². The highest BCUT2D eigenvalue weighted by molar-refractivity contribution is 6.36. The van der Waals surface area contributed by atoms with Crippen molar-refractivity contribution in [3.05, 3.63) is 80.1 Å². The molecule has 0 unspecified atom stereocenters. The van der Waals surface area contributed by atoms with E-state index in [-0.39, 0.29) is 17.5 Å². The van der Waals surface area contributed by atoms with Crippen LogP contribution in [0, 0.1) is 10.1 Å². The molecule has 4 rings (SSSR count). The van der Waals surface area contributed by atoms with Crippen molar-refractivity contribution < 1.29 is 9.72 Å². The summed E-state index contributed by atoms with van der Waals surface area (Å²) in [6.07, 6.45) is 3.22. The molecule has 1 saturated heterocycles. The first-order valence-corrected chi connectivity index (χ1v) is 10.5. The SMILES string of the molecule is O=C(Nc1ccc(Cl)cc1Cl)c1cnn(-c2ccc([N+](=O)[O-])cc2)c1C1CCNCC1. The lowest BCUT2D eigenvalue weighted by Crippen LogP contribution is -2.29. The number of rotatable bonds is 5. The highest BCUT2D eigenvalue weighted by Crippen LogP contribution is 2.32. The van der Waals surface area contributed by atoms with E-state index in [1.54, 1.807) is 35.0 Å². The second-order valence-electron chi connectivity index (χ2n) is 7.23. The standard InChI is InChI=1S/C21H19Cl2N5O3/c22-14-1-6-19(18(23)11-14)26-21(29)17-12-25-27(20(17)13-7-9-24-10-8-13)15-2-4-16(5-3-15)28(30)31/h1-6,11-13,24H,7-10H2,(H,26,29). The summed E-state index contributed by atoms with van der Waals surface area (Å²) in [5.74, 6) is -0.216. The Morgan fingerprint density at radius 2 is 1.87 bits per heavy atom. The van der Waals surface area contributed by atoms with Crippen molar-refractivity contribution in [1.82, 2.24) is 15.1 Å². The molecule has 10 heteroatoms. The molecule has 3 aromatic rings. The van der Waals surface area contributed by atoms with Gasteiger partial charge in [-0.25, -0.2) is 4.68 Å². The van der Waals surface area contributed by atoms with Crippen molar-refractivity contribution >= 4 is 40.5 Å². The predicted molar refractivity (Wildman–Crippen MR) is 119 cm³/mol. The van der Waals surface area contributed by atoms with Gasteiger partial charge in [0, 0.05) is 23.1 Å². The number of non-ortho nitro benzene ring substituents is 1. The summed E-state index contributed by atoms with van der Waals surface area (Å²) in [5, 5.41) is 22.4. The number of benzene rings is 2. The number of aromatic nitrogens is 2. The number of nitrogens with one attached hydrogen (secondary N) is 2. The molecule has 0 bridgehead atoms. The Kier molecular flexibility index (Phi) is 6.22. The van der Waals surface area contributed by atoms with Crippen molar-refractivity contribution in [3.8, 4) is 5.69 Å². The summed E-state index contributed by atoms with van der Waals surface area (Å²) in [4.78, 5) is 23.7. The van der Waals surface area contributed by atoms with E-state index in [9.17, 15) is 14.9 Å². The lowest BCUT2D eigenvalue weighted by molar-refractivity contribution is -0.384. The molecule has 0 aliphatic carbocycles. The fourth-order valence-electron chi connectivity index (χ4n) is 3.72. The van der Waals surface area contributed by atoms with Crippen LogP contribution in [0.5, 0.6) is 0 Å². The van der Waals surface area contributed by atoms with Gasteiger partial charge in [0.1, 0.15) is 0 Å². The molecule has 1 aliphatic heterocycles. The number of nitrogens with zero attached hydrogens (tertiary/aromatic N) is 3. The monoisotopic (exact) mass is 459 g/mol. The normalized spacial score (nSPS) is 14.4. The largest absolute Gasteiger partial charge is 0.321 e. The average molecular weight is 460 g/mol. The maximum Gasteiger partial charge on any atom is 0.269 e. The maximum atomic E-state index is 13.1. The average Bonchev–Trinajstić information content (AvgIpc) is 3.21. The molecule has 160 valence electrons. The Morgan fingerprint density at radius 1 is 1.16 bits per heavy atom. The van der Waals surface area contributed by atoms with Crippen molar-refractivity contribution in [2.45, 2.75) is 18.8 Å². The Hall–Kier alpha value is -2.94. The second-order valence-corrected chi connectivity index (χ2v) is 8.07. The molecule has 1 aromatic heterocycles. The molecule has 1 aliphatic rings. The third-order valence-corrected chi connectivity index (χ3v) is 5.81. The molecular formula is C21H19Cl2N5O3. The molecule has 2 aromatic carbocycles. The second kappa shape index (κ2) is 9.05. The number of anilines is 1. The summed E-state index contributed by atoms with van der Waals surface area (Å²) in [6.45, 7) is 1.67. The Labute approximate surface area is 188 Å². The maximum absolute atomic E-state index is 13.1. The first-order valence-electron chi connectivity index (χ1n) is 9.74. The van der Waals surface area contributed by atoms with Crippen molar-refractivity contribution in [2.75, 3.05) is 18.4 Å². The lowest BCUT2D eigenvalue weighted by Gasteiger charge is -2.24. The smallest absolute Gasteiger partial charge is 0.269 e. The lowest BCUT2D eigenvalue weighted by atomic mass is 9.91. The molecule has 31 heavy (non-hydrogen) atoms. The fraction of sp³-hybridized carbons (Fsp3) is 0.238. The number of piperidine rings is 1. The minimum absolute atomic E-state index is 0.00494. The number of amides is 1. The van der Waals surface area contributed by atoms with E-state index in [2.05, 4.69) is 15.7 Å². The number of halogens is 2. The van der Waals surface area contributed by atoms with Crippen LogP contribution in [0.1, 0.15) is 34.8 Å². The van der Waals surface area contributed by atoms with E-state index in [4.69, 9.17) is 23.2 Å². The van der Waals surface area contributed by atoms with Crippen LogP contribution < -0.4 is 10.6 Å². The highest BCUT2D eigenvalue weighted by atomic mass is 35.5. The van der Waals surface area contributed by atoms with Gasteiger partial charge >= 0.3 is 0 Å². The van der Waals surface area contributed by atoms with Gasteiger partial charge in [-0.3, -0.25) is 14.9 Å². The van der Waals surface area contributed by atoms with Crippen LogP contribution >= 0.6 is 23.2 Å². The zero-order chi connectivity index (χ0) is 22.0. The van der Waals surface area contributed by atoms with Gasteiger partial charge in [0.25, 0.3) is 11.6 Å². The molecule has 8 nitrogen and oxygen atoms in total. The van der Waals surface area contributed by atoms with Gasteiger partial charge in [0.2, 0.25) is 0 Å². The van der Waals surface area contributed by atoms with Gasteiger partial charge in [0.15, 0.2) is 0 Å². The van der Waals surface area contributed by atoms with Crippen molar-refractivity contribution in [3.63, 3.8) is 0 Å².